The summed E-state index contributed by atoms with van der Waals surface area (Å²) in [6.45, 7) is -0.0155. The Morgan fingerprint density at radius 1 is 1.33 bits per heavy atom. The van der Waals surface area contributed by atoms with Crippen LogP contribution < -0.4 is 10.9 Å². The van der Waals surface area contributed by atoms with Gasteiger partial charge in [0.2, 0.25) is 5.95 Å². The van der Waals surface area contributed by atoms with Crippen molar-refractivity contribution >= 4 is 37.6 Å². The smallest absolute Gasteiger partial charge is 0.266 e. The van der Waals surface area contributed by atoms with Crippen molar-refractivity contribution < 1.29 is 13.0 Å². The molecule has 1 aliphatic carbocycles. The Morgan fingerprint density at radius 3 is 2.86 bits per heavy atom. The lowest BCUT2D eigenvalue weighted by Gasteiger charge is -2.09. The largest absolute Gasteiger partial charge is 0.355 e. The first-order valence-corrected chi connectivity index (χ1v) is 9.10. The second-order valence-corrected chi connectivity index (χ2v) is 7.67. The van der Waals surface area contributed by atoms with E-state index in [4.69, 9.17) is 4.55 Å². The Balaban J connectivity index is 1.91. The molecule has 3 N–H and O–H groups in total. The second kappa shape index (κ2) is 5.39. The molecule has 114 valence electrons. The highest BCUT2D eigenvalue weighted by atomic mass is 32.2. The second-order valence-electron chi connectivity index (χ2n) is 5.02. The quantitative estimate of drug-likeness (QED) is 0.726. The van der Waals surface area contributed by atoms with E-state index in [1.54, 1.807) is 0 Å². The van der Waals surface area contributed by atoms with Gasteiger partial charge in [0.15, 0.2) is 0 Å². The lowest BCUT2D eigenvalue weighted by Crippen LogP contribution is -2.19. The number of thiophene rings is 1. The van der Waals surface area contributed by atoms with Crippen LogP contribution in [0.3, 0.4) is 0 Å². The number of hydrogen-bond donors (Lipinski definition) is 3. The van der Waals surface area contributed by atoms with Crippen molar-refractivity contribution in [3.8, 4) is 0 Å². The highest BCUT2D eigenvalue weighted by molar-refractivity contribution is 7.85. The van der Waals surface area contributed by atoms with E-state index in [1.807, 2.05) is 0 Å². The van der Waals surface area contributed by atoms with Crippen molar-refractivity contribution in [2.75, 3.05) is 17.6 Å². The fourth-order valence-corrected chi connectivity index (χ4v) is 4.17. The normalized spacial score (nSPS) is 15.1. The van der Waals surface area contributed by atoms with E-state index in [0.717, 1.165) is 31.2 Å². The summed E-state index contributed by atoms with van der Waals surface area (Å²) in [6.07, 6.45) is 4.13. The zero-order valence-electron chi connectivity index (χ0n) is 11.2. The van der Waals surface area contributed by atoms with Gasteiger partial charge in [0.25, 0.3) is 15.7 Å². The molecule has 0 saturated carbocycles. The van der Waals surface area contributed by atoms with Gasteiger partial charge in [-0.1, -0.05) is 0 Å². The average Bonchev–Trinajstić information content (AvgIpc) is 2.75. The number of hydrogen-bond acceptors (Lipinski definition) is 6. The van der Waals surface area contributed by atoms with Crippen LogP contribution >= 0.6 is 11.3 Å². The van der Waals surface area contributed by atoms with Crippen LogP contribution in [0, 0.1) is 0 Å². The van der Waals surface area contributed by atoms with Gasteiger partial charge in [0.1, 0.15) is 4.83 Å². The fourth-order valence-electron chi connectivity index (χ4n) is 2.55. The minimum absolute atomic E-state index is 0.0155. The molecule has 9 heteroatoms. The number of aromatic amines is 1. The van der Waals surface area contributed by atoms with Gasteiger partial charge in [-0.2, -0.15) is 8.42 Å². The number of rotatable bonds is 4. The van der Waals surface area contributed by atoms with Gasteiger partial charge < -0.3 is 5.32 Å². The van der Waals surface area contributed by atoms with E-state index >= 15 is 0 Å². The highest BCUT2D eigenvalue weighted by Crippen LogP contribution is 2.33. The topological polar surface area (TPSA) is 112 Å². The maximum atomic E-state index is 12.2. The minimum atomic E-state index is -4.03. The average molecular weight is 329 g/mol. The third-order valence-corrected chi connectivity index (χ3v) is 5.38. The van der Waals surface area contributed by atoms with Crippen LogP contribution in [0.2, 0.25) is 0 Å². The van der Waals surface area contributed by atoms with Gasteiger partial charge >= 0.3 is 0 Å². The Hall–Kier alpha value is -1.45. The third kappa shape index (κ3) is 3.09. The Labute approximate surface area is 125 Å². The third-order valence-electron chi connectivity index (χ3n) is 3.48. The minimum Gasteiger partial charge on any atom is -0.355 e. The van der Waals surface area contributed by atoms with Gasteiger partial charge in [-0.15, -0.1) is 11.3 Å². The first-order chi connectivity index (χ1) is 9.94. The van der Waals surface area contributed by atoms with E-state index in [1.165, 1.54) is 16.2 Å². The molecule has 0 radical (unpaired) electrons. The summed E-state index contributed by atoms with van der Waals surface area (Å²) >= 11 is 1.53. The van der Waals surface area contributed by atoms with E-state index < -0.39 is 15.9 Å². The molecule has 0 amide bonds. The number of anilines is 1. The van der Waals surface area contributed by atoms with Gasteiger partial charge in [0.05, 0.1) is 11.1 Å². The van der Waals surface area contributed by atoms with E-state index in [2.05, 4.69) is 15.3 Å². The number of fused-ring (bicyclic) bond motifs is 3. The predicted octanol–water partition coefficient (Wildman–Crippen LogP) is 1.16. The lowest BCUT2D eigenvalue weighted by atomic mass is 9.97. The molecule has 0 aliphatic heterocycles. The SMILES string of the molecule is O=c1[nH]c(NCCS(=O)(=O)O)nc2sc3c(c12)CCCC3. The fraction of sp³-hybridized carbons (Fsp3) is 0.500. The Kier molecular flexibility index (Phi) is 3.72. The molecular weight excluding hydrogens is 314 g/mol. The lowest BCUT2D eigenvalue weighted by molar-refractivity contribution is 0.484. The summed E-state index contributed by atoms with van der Waals surface area (Å²) in [5, 5.41) is 3.38. The van der Waals surface area contributed by atoms with Gasteiger partial charge in [-0.3, -0.25) is 14.3 Å². The van der Waals surface area contributed by atoms with Crippen molar-refractivity contribution in [3.63, 3.8) is 0 Å². The molecule has 0 saturated heterocycles. The van der Waals surface area contributed by atoms with Crippen LogP contribution in [-0.2, 0) is 23.0 Å². The van der Waals surface area contributed by atoms with E-state index in [9.17, 15) is 13.2 Å². The molecule has 21 heavy (non-hydrogen) atoms. The monoisotopic (exact) mass is 329 g/mol. The molecule has 7 nitrogen and oxygen atoms in total. The Morgan fingerprint density at radius 2 is 2.10 bits per heavy atom. The molecule has 0 fully saturated rings. The van der Waals surface area contributed by atoms with Crippen molar-refractivity contribution in [1.82, 2.24) is 9.97 Å². The molecule has 2 aromatic rings. The van der Waals surface area contributed by atoms with Crippen LogP contribution in [0.25, 0.3) is 10.2 Å². The van der Waals surface area contributed by atoms with Gasteiger partial charge in [0, 0.05) is 11.4 Å². The molecule has 3 rings (SSSR count). The maximum absolute atomic E-state index is 12.2. The first kappa shape index (κ1) is 14.5. The molecular formula is C12H15N3O4S2. The van der Waals surface area contributed by atoms with E-state index in [0.29, 0.717) is 10.2 Å². The first-order valence-electron chi connectivity index (χ1n) is 6.67. The molecule has 0 atom stereocenters. The summed E-state index contributed by atoms with van der Waals surface area (Å²) in [5.41, 5.74) is 0.910. The number of nitrogens with one attached hydrogen (secondary N) is 2. The van der Waals surface area contributed by atoms with Crippen molar-refractivity contribution in [2.24, 2.45) is 0 Å². The molecule has 2 heterocycles. The molecule has 0 spiro atoms. The summed E-state index contributed by atoms with van der Waals surface area (Å²) in [7, 11) is -4.03. The zero-order valence-corrected chi connectivity index (χ0v) is 12.8. The number of nitrogens with zero attached hydrogens (tertiary/aromatic N) is 1. The zero-order chi connectivity index (χ0) is 15.0. The number of aromatic nitrogens is 2. The van der Waals surface area contributed by atoms with Crippen molar-refractivity contribution in [1.29, 1.82) is 0 Å². The molecule has 0 bridgehead atoms. The molecule has 0 aromatic carbocycles. The Bertz CT molecular complexity index is 838. The van der Waals surface area contributed by atoms with Crippen LogP contribution in [-0.4, -0.2) is 35.2 Å². The summed E-state index contributed by atoms with van der Waals surface area (Å²) < 4.78 is 30.0. The van der Waals surface area contributed by atoms with E-state index in [-0.39, 0.29) is 18.1 Å². The standard InChI is InChI=1S/C12H15N3O4S2/c16-10-9-7-3-1-2-4-8(7)20-11(9)15-12(14-10)13-5-6-21(17,18)19/h1-6H2,(H,17,18,19)(H2,13,14,15,16). The van der Waals surface area contributed by atoms with Gasteiger partial charge in [-0.05, 0) is 31.2 Å². The summed E-state index contributed by atoms with van der Waals surface area (Å²) in [4.78, 5) is 21.1. The van der Waals surface area contributed by atoms with Crippen LogP contribution in [0.4, 0.5) is 5.95 Å². The highest BCUT2D eigenvalue weighted by Gasteiger charge is 2.19. The summed E-state index contributed by atoms with van der Waals surface area (Å²) in [5.74, 6) is -0.204. The number of H-pyrrole nitrogens is 1. The number of aryl methyl sites for hydroxylation is 2. The van der Waals surface area contributed by atoms with Gasteiger partial charge in [-0.25, -0.2) is 4.98 Å². The molecule has 1 aliphatic rings. The maximum Gasteiger partial charge on any atom is 0.266 e. The predicted molar refractivity (Wildman–Crippen MR) is 81.8 cm³/mol. The molecule has 2 aromatic heterocycles. The van der Waals surface area contributed by atoms with Crippen LogP contribution in [0.5, 0.6) is 0 Å². The summed E-state index contributed by atoms with van der Waals surface area (Å²) in [6, 6.07) is 0. The van der Waals surface area contributed by atoms with Crippen LogP contribution in [0.15, 0.2) is 4.79 Å². The van der Waals surface area contributed by atoms with Crippen LogP contribution in [0.1, 0.15) is 23.3 Å². The van der Waals surface area contributed by atoms with Crippen molar-refractivity contribution in [2.45, 2.75) is 25.7 Å². The molecule has 0 unspecified atom stereocenters. The van der Waals surface area contributed by atoms with Crippen molar-refractivity contribution in [3.05, 3.63) is 20.8 Å².